The Morgan fingerprint density at radius 1 is 1.22 bits per heavy atom. The molecule has 3 aromatic rings. The van der Waals surface area contributed by atoms with Crippen molar-refractivity contribution >= 4 is 42.6 Å². The number of amides is 1. The third kappa shape index (κ3) is 4.95. The van der Waals surface area contributed by atoms with E-state index < -0.39 is 16.1 Å². The summed E-state index contributed by atoms with van der Waals surface area (Å²) in [6.07, 6.45) is 3.26. The fourth-order valence-corrected chi connectivity index (χ4v) is 6.12. The van der Waals surface area contributed by atoms with Crippen LogP contribution in [0.2, 0.25) is 0 Å². The minimum Gasteiger partial charge on any atom is -0.494 e. The molecule has 1 aliphatic heterocycles. The molecule has 2 aromatic carbocycles. The lowest BCUT2D eigenvalue weighted by molar-refractivity contribution is -0.123. The predicted molar refractivity (Wildman–Crippen MR) is 128 cm³/mol. The van der Waals surface area contributed by atoms with E-state index in [2.05, 4.69) is 0 Å². The van der Waals surface area contributed by atoms with Crippen molar-refractivity contribution in [2.75, 3.05) is 24.3 Å². The number of carbonyl (C=O) groups excluding carboxylic acids is 1. The molecule has 1 amide bonds. The van der Waals surface area contributed by atoms with Crippen LogP contribution in [0.3, 0.4) is 0 Å². The number of aromatic nitrogens is 1. The number of thiazole rings is 1. The van der Waals surface area contributed by atoms with Crippen LogP contribution < -0.4 is 9.64 Å². The summed E-state index contributed by atoms with van der Waals surface area (Å²) in [5.41, 5.74) is 1.74. The fourth-order valence-electron chi connectivity index (χ4n) is 4.00. The maximum atomic E-state index is 13.8. The van der Waals surface area contributed by atoms with Crippen LogP contribution in [0.1, 0.15) is 31.7 Å². The van der Waals surface area contributed by atoms with Crippen molar-refractivity contribution in [3.63, 3.8) is 0 Å². The summed E-state index contributed by atoms with van der Waals surface area (Å²) >= 11 is 1.41. The average molecular weight is 474 g/mol. The fraction of sp³-hybridized carbons (Fsp3) is 0.391. The minimum atomic E-state index is -3.49. The zero-order chi connectivity index (χ0) is 22.7. The molecule has 170 valence electrons. The Balaban J connectivity index is 1.73. The van der Waals surface area contributed by atoms with Gasteiger partial charge < -0.3 is 4.74 Å². The number of piperidine rings is 1. The van der Waals surface area contributed by atoms with E-state index in [0.29, 0.717) is 31.2 Å². The molecule has 0 spiro atoms. The Bertz CT molecular complexity index is 1190. The average Bonchev–Trinajstić information content (AvgIpc) is 3.20. The van der Waals surface area contributed by atoms with Gasteiger partial charge in [-0.25, -0.2) is 13.4 Å². The molecule has 0 bridgehead atoms. The molecule has 1 aromatic heterocycles. The summed E-state index contributed by atoms with van der Waals surface area (Å²) < 4.78 is 32.6. The second-order valence-corrected chi connectivity index (χ2v) is 10.8. The van der Waals surface area contributed by atoms with Gasteiger partial charge in [0.25, 0.3) is 0 Å². The van der Waals surface area contributed by atoms with Gasteiger partial charge in [0.05, 0.1) is 29.6 Å². The number of hydrogen-bond donors (Lipinski definition) is 0. The van der Waals surface area contributed by atoms with Crippen LogP contribution in [-0.2, 0) is 21.4 Å². The number of rotatable bonds is 7. The van der Waals surface area contributed by atoms with Crippen LogP contribution in [0.15, 0.2) is 48.5 Å². The summed E-state index contributed by atoms with van der Waals surface area (Å²) in [5, 5.41) is 0.557. The van der Waals surface area contributed by atoms with Crippen LogP contribution in [0.25, 0.3) is 10.2 Å². The van der Waals surface area contributed by atoms with Gasteiger partial charge >= 0.3 is 0 Å². The summed E-state index contributed by atoms with van der Waals surface area (Å²) in [4.78, 5) is 20.1. The van der Waals surface area contributed by atoms with Gasteiger partial charge in [-0.05, 0) is 43.5 Å². The smallest absolute Gasteiger partial charge is 0.247 e. The van der Waals surface area contributed by atoms with Crippen LogP contribution in [-0.4, -0.2) is 49.1 Å². The van der Waals surface area contributed by atoms with Gasteiger partial charge in [-0.3, -0.25) is 9.69 Å². The minimum absolute atomic E-state index is 0.233. The van der Waals surface area contributed by atoms with Gasteiger partial charge in [0.2, 0.25) is 15.9 Å². The van der Waals surface area contributed by atoms with Crippen LogP contribution in [0.5, 0.6) is 5.75 Å². The van der Waals surface area contributed by atoms with Crippen molar-refractivity contribution in [2.24, 2.45) is 0 Å². The predicted octanol–water partition coefficient (Wildman–Crippen LogP) is 4.04. The van der Waals surface area contributed by atoms with Gasteiger partial charge in [0, 0.05) is 6.54 Å². The molecule has 1 aliphatic rings. The van der Waals surface area contributed by atoms with Gasteiger partial charge in [0.15, 0.2) is 5.13 Å². The summed E-state index contributed by atoms with van der Waals surface area (Å²) in [6.45, 7) is 3.19. The molecule has 1 atom stereocenters. The highest BCUT2D eigenvalue weighted by molar-refractivity contribution is 7.88. The Kier molecular flexibility index (Phi) is 6.78. The Morgan fingerprint density at radius 3 is 2.72 bits per heavy atom. The number of anilines is 1. The maximum absolute atomic E-state index is 13.8. The molecule has 1 saturated heterocycles. The lowest BCUT2D eigenvalue weighted by Gasteiger charge is -2.35. The lowest BCUT2D eigenvalue weighted by atomic mass is 10.0. The van der Waals surface area contributed by atoms with E-state index in [-0.39, 0.29) is 5.91 Å². The van der Waals surface area contributed by atoms with Crippen molar-refractivity contribution in [2.45, 2.75) is 38.8 Å². The molecule has 4 rings (SSSR count). The summed E-state index contributed by atoms with van der Waals surface area (Å²) in [7, 11) is -3.49. The third-order valence-electron chi connectivity index (χ3n) is 5.50. The highest BCUT2D eigenvalue weighted by atomic mass is 32.2. The molecular weight excluding hydrogens is 446 g/mol. The van der Waals surface area contributed by atoms with Crippen molar-refractivity contribution in [3.05, 3.63) is 54.1 Å². The van der Waals surface area contributed by atoms with Crippen LogP contribution >= 0.6 is 11.3 Å². The molecule has 2 heterocycles. The number of benzene rings is 2. The molecule has 1 unspecified atom stereocenters. The Labute approximate surface area is 192 Å². The summed E-state index contributed by atoms with van der Waals surface area (Å²) in [5.74, 6) is 0.523. The highest BCUT2D eigenvalue weighted by Crippen LogP contribution is 2.34. The standard InChI is InChI=1S/C23H27N3O4S2/c1-3-30-18-12-13-19-21(15-18)31-23(24-19)25(16-17-9-5-4-6-10-17)22(27)20-11-7-8-14-26(20)32(2,28)29/h4-6,9-10,12-13,15,20H,3,7-8,11,14,16H2,1-2H3. The third-order valence-corrected chi connectivity index (χ3v) is 7.83. The van der Waals surface area contributed by atoms with Crippen LogP contribution in [0.4, 0.5) is 5.13 Å². The number of sulfonamides is 1. The normalized spacial score (nSPS) is 17.4. The van der Waals surface area contributed by atoms with Gasteiger partial charge in [-0.2, -0.15) is 4.31 Å². The van der Waals surface area contributed by atoms with Crippen molar-refractivity contribution in [1.82, 2.24) is 9.29 Å². The molecule has 0 saturated carbocycles. The first-order valence-electron chi connectivity index (χ1n) is 10.7. The van der Waals surface area contributed by atoms with Gasteiger partial charge in [-0.1, -0.05) is 48.1 Å². The quantitative estimate of drug-likeness (QED) is 0.517. The van der Waals surface area contributed by atoms with E-state index in [9.17, 15) is 13.2 Å². The highest BCUT2D eigenvalue weighted by Gasteiger charge is 2.38. The van der Waals surface area contributed by atoms with E-state index in [0.717, 1.165) is 34.4 Å². The van der Waals surface area contributed by atoms with E-state index in [1.165, 1.54) is 21.9 Å². The zero-order valence-corrected chi connectivity index (χ0v) is 19.9. The molecule has 1 fully saturated rings. The monoisotopic (exact) mass is 473 g/mol. The SMILES string of the molecule is CCOc1ccc2nc(N(Cc3ccccc3)C(=O)C3CCCCN3S(C)(=O)=O)sc2c1. The summed E-state index contributed by atoms with van der Waals surface area (Å²) in [6, 6.07) is 14.6. The van der Waals surface area contributed by atoms with Crippen molar-refractivity contribution in [1.29, 1.82) is 0 Å². The molecule has 0 aliphatic carbocycles. The lowest BCUT2D eigenvalue weighted by Crippen LogP contribution is -2.52. The van der Waals surface area contributed by atoms with Crippen molar-refractivity contribution in [3.8, 4) is 5.75 Å². The molecule has 32 heavy (non-hydrogen) atoms. The molecule has 0 radical (unpaired) electrons. The Hall–Kier alpha value is -2.49. The van der Waals surface area contributed by atoms with Gasteiger partial charge in [0.1, 0.15) is 11.8 Å². The second kappa shape index (κ2) is 9.56. The first-order chi connectivity index (χ1) is 15.4. The topological polar surface area (TPSA) is 79.8 Å². The van der Waals surface area contributed by atoms with Crippen molar-refractivity contribution < 1.29 is 17.9 Å². The first kappa shape index (κ1) is 22.7. The molecule has 7 nitrogen and oxygen atoms in total. The largest absolute Gasteiger partial charge is 0.494 e. The molecule has 9 heteroatoms. The Morgan fingerprint density at radius 2 is 2.00 bits per heavy atom. The number of ether oxygens (including phenoxy) is 1. The molecular formula is C23H27N3O4S2. The second-order valence-electron chi connectivity index (χ2n) is 7.85. The van der Waals surface area contributed by atoms with Crippen LogP contribution in [0, 0.1) is 0 Å². The number of nitrogens with zero attached hydrogens (tertiary/aromatic N) is 3. The van der Waals surface area contributed by atoms with E-state index in [4.69, 9.17) is 9.72 Å². The van der Waals surface area contributed by atoms with E-state index >= 15 is 0 Å². The van der Waals surface area contributed by atoms with E-state index in [1.807, 2.05) is 55.5 Å². The first-order valence-corrected chi connectivity index (χ1v) is 13.4. The zero-order valence-electron chi connectivity index (χ0n) is 18.2. The maximum Gasteiger partial charge on any atom is 0.247 e. The van der Waals surface area contributed by atoms with Gasteiger partial charge in [-0.15, -0.1) is 0 Å². The number of carbonyl (C=O) groups is 1. The molecule has 0 N–H and O–H groups in total. The number of hydrogen-bond acceptors (Lipinski definition) is 6. The van der Waals surface area contributed by atoms with E-state index in [1.54, 1.807) is 4.90 Å². The number of fused-ring (bicyclic) bond motifs is 1.